The van der Waals surface area contributed by atoms with Crippen molar-refractivity contribution in [3.8, 4) is 0 Å². The second-order valence-electron chi connectivity index (χ2n) is 4.97. The molecule has 2 aromatic carbocycles. The average Bonchev–Trinajstić information content (AvgIpc) is 2.47. The fourth-order valence-electron chi connectivity index (χ4n) is 2.01. The van der Waals surface area contributed by atoms with Crippen LogP contribution in [-0.4, -0.2) is 15.0 Å². The zero-order valence-corrected chi connectivity index (χ0v) is 12.4. The van der Waals surface area contributed by atoms with Gasteiger partial charge in [-0.15, -0.1) is 0 Å². The number of sulfonamides is 1. The van der Waals surface area contributed by atoms with Crippen molar-refractivity contribution in [3.63, 3.8) is 0 Å². The monoisotopic (exact) mass is 308 g/mol. The van der Waals surface area contributed by atoms with E-state index >= 15 is 0 Å². The number of nitrogens with two attached hydrogens (primary N) is 1. The third-order valence-electron chi connectivity index (χ3n) is 3.29. The molecule has 0 heterocycles. The van der Waals surface area contributed by atoms with E-state index in [4.69, 9.17) is 5.73 Å². The largest absolute Gasteiger partial charge is 0.328 e. The van der Waals surface area contributed by atoms with Gasteiger partial charge in [0.1, 0.15) is 5.82 Å². The van der Waals surface area contributed by atoms with E-state index in [1.165, 1.54) is 18.2 Å². The quantitative estimate of drug-likeness (QED) is 0.887. The zero-order valence-electron chi connectivity index (χ0n) is 11.6. The third kappa shape index (κ3) is 3.47. The van der Waals surface area contributed by atoms with Gasteiger partial charge in [0.25, 0.3) is 0 Å². The van der Waals surface area contributed by atoms with Crippen LogP contribution < -0.4 is 10.5 Å². The Bertz CT molecular complexity index is 719. The van der Waals surface area contributed by atoms with Crippen molar-refractivity contribution in [3.05, 3.63) is 66.0 Å². The van der Waals surface area contributed by atoms with Gasteiger partial charge in [0.05, 0.1) is 10.4 Å². The summed E-state index contributed by atoms with van der Waals surface area (Å²) in [5.41, 5.74) is 5.53. The Hall–Kier alpha value is -1.76. The van der Waals surface area contributed by atoms with Crippen molar-refractivity contribution in [2.24, 2.45) is 5.73 Å². The molecule has 0 amide bonds. The van der Waals surface area contributed by atoms with E-state index in [0.717, 1.165) is 11.6 Å². The third-order valence-corrected chi connectivity index (χ3v) is 4.88. The summed E-state index contributed by atoms with van der Waals surface area (Å²) in [6.45, 7) is 1.77. The van der Waals surface area contributed by atoms with Crippen LogP contribution in [0.25, 0.3) is 0 Å². The van der Waals surface area contributed by atoms with Crippen LogP contribution in [-0.2, 0) is 15.6 Å². The molecule has 0 aliphatic rings. The standard InChI is InChI=1S/C15H17FN2O2S/c1-15(11-17,12-6-3-2-4-7-12)18-21(19,20)14-9-5-8-13(16)10-14/h2-10,18H,11,17H2,1H3. The maximum absolute atomic E-state index is 13.2. The van der Waals surface area contributed by atoms with E-state index in [9.17, 15) is 12.8 Å². The molecule has 6 heteroatoms. The summed E-state index contributed by atoms with van der Waals surface area (Å²) < 4.78 is 40.6. The molecule has 0 fully saturated rings. The van der Waals surface area contributed by atoms with Gasteiger partial charge in [-0.25, -0.2) is 12.8 Å². The maximum atomic E-state index is 13.2. The van der Waals surface area contributed by atoms with Gasteiger partial charge in [-0.2, -0.15) is 4.72 Å². The molecule has 0 aliphatic carbocycles. The SMILES string of the molecule is CC(CN)(NS(=O)(=O)c1cccc(F)c1)c1ccccc1. The van der Waals surface area contributed by atoms with Crippen molar-refractivity contribution < 1.29 is 12.8 Å². The van der Waals surface area contributed by atoms with E-state index in [0.29, 0.717) is 0 Å². The van der Waals surface area contributed by atoms with Crippen LogP contribution in [0.4, 0.5) is 4.39 Å². The molecule has 1 unspecified atom stereocenters. The van der Waals surface area contributed by atoms with Crippen LogP contribution in [0.5, 0.6) is 0 Å². The Labute approximate surface area is 123 Å². The van der Waals surface area contributed by atoms with E-state index in [1.54, 1.807) is 31.2 Å². The Morgan fingerprint density at radius 3 is 2.38 bits per heavy atom. The molecule has 0 aromatic heterocycles. The smallest absolute Gasteiger partial charge is 0.241 e. The van der Waals surface area contributed by atoms with Crippen LogP contribution >= 0.6 is 0 Å². The van der Waals surface area contributed by atoms with Gasteiger partial charge < -0.3 is 5.73 Å². The number of hydrogen-bond acceptors (Lipinski definition) is 3. The van der Waals surface area contributed by atoms with Crippen LogP contribution in [0.1, 0.15) is 12.5 Å². The Kier molecular flexibility index (Phi) is 4.41. The lowest BCUT2D eigenvalue weighted by Gasteiger charge is -2.29. The van der Waals surface area contributed by atoms with Crippen molar-refractivity contribution in [2.45, 2.75) is 17.4 Å². The van der Waals surface area contributed by atoms with Gasteiger partial charge in [-0.3, -0.25) is 0 Å². The highest BCUT2D eigenvalue weighted by Crippen LogP contribution is 2.22. The Balaban J connectivity index is 2.38. The summed E-state index contributed by atoms with van der Waals surface area (Å²) >= 11 is 0. The van der Waals surface area contributed by atoms with Crippen LogP contribution in [0.15, 0.2) is 59.5 Å². The Morgan fingerprint density at radius 1 is 1.14 bits per heavy atom. The summed E-state index contributed by atoms with van der Waals surface area (Å²) in [7, 11) is -3.87. The highest BCUT2D eigenvalue weighted by Gasteiger charge is 2.31. The molecular formula is C15H17FN2O2S. The molecule has 0 bridgehead atoms. The van der Waals surface area contributed by atoms with Crippen LogP contribution in [0.2, 0.25) is 0 Å². The molecule has 0 radical (unpaired) electrons. The minimum absolute atomic E-state index is 0.0750. The molecule has 0 saturated heterocycles. The van der Waals surface area contributed by atoms with E-state index in [-0.39, 0.29) is 11.4 Å². The summed E-state index contributed by atoms with van der Waals surface area (Å²) in [5.74, 6) is -0.605. The van der Waals surface area contributed by atoms with Crippen molar-refractivity contribution in [2.75, 3.05) is 6.54 Å². The molecule has 2 rings (SSSR count). The summed E-state index contributed by atoms with van der Waals surface area (Å²) in [5, 5.41) is 0. The van der Waals surface area contributed by atoms with Gasteiger partial charge in [-0.05, 0) is 30.7 Å². The minimum Gasteiger partial charge on any atom is -0.328 e. The first kappa shape index (κ1) is 15.6. The first-order chi connectivity index (χ1) is 9.87. The first-order valence-electron chi connectivity index (χ1n) is 6.42. The molecule has 1 atom stereocenters. The van der Waals surface area contributed by atoms with Crippen molar-refractivity contribution in [1.29, 1.82) is 0 Å². The lowest BCUT2D eigenvalue weighted by molar-refractivity contribution is 0.441. The molecule has 112 valence electrons. The van der Waals surface area contributed by atoms with E-state index in [2.05, 4.69) is 4.72 Å². The summed E-state index contributed by atoms with van der Waals surface area (Å²) in [4.78, 5) is -0.127. The number of nitrogens with one attached hydrogen (secondary N) is 1. The molecule has 0 spiro atoms. The first-order valence-corrected chi connectivity index (χ1v) is 7.91. The lowest BCUT2D eigenvalue weighted by atomic mass is 9.94. The Morgan fingerprint density at radius 2 is 1.81 bits per heavy atom. The normalized spacial score (nSPS) is 14.6. The van der Waals surface area contributed by atoms with Gasteiger partial charge in [0.2, 0.25) is 10.0 Å². The van der Waals surface area contributed by atoms with Gasteiger partial charge in [-0.1, -0.05) is 36.4 Å². The fraction of sp³-hybridized carbons (Fsp3) is 0.200. The van der Waals surface area contributed by atoms with E-state index in [1.807, 2.05) is 6.07 Å². The molecule has 0 saturated carbocycles. The maximum Gasteiger partial charge on any atom is 0.241 e. The summed E-state index contributed by atoms with van der Waals surface area (Å²) in [6.07, 6.45) is 0. The van der Waals surface area contributed by atoms with Gasteiger partial charge >= 0.3 is 0 Å². The second-order valence-corrected chi connectivity index (χ2v) is 6.65. The molecular weight excluding hydrogens is 291 g/mol. The van der Waals surface area contributed by atoms with Crippen molar-refractivity contribution in [1.82, 2.24) is 4.72 Å². The number of hydrogen-bond donors (Lipinski definition) is 2. The van der Waals surface area contributed by atoms with Crippen molar-refractivity contribution >= 4 is 10.0 Å². The highest BCUT2D eigenvalue weighted by molar-refractivity contribution is 7.89. The topological polar surface area (TPSA) is 72.2 Å². The number of rotatable bonds is 5. The van der Waals surface area contributed by atoms with Crippen LogP contribution in [0.3, 0.4) is 0 Å². The van der Waals surface area contributed by atoms with Crippen LogP contribution in [0, 0.1) is 5.82 Å². The zero-order chi connectivity index (χ0) is 15.5. The number of benzene rings is 2. The minimum atomic E-state index is -3.87. The molecule has 3 N–H and O–H groups in total. The summed E-state index contributed by atoms with van der Waals surface area (Å²) in [6, 6.07) is 13.9. The molecule has 4 nitrogen and oxygen atoms in total. The predicted molar refractivity (Wildman–Crippen MR) is 79.6 cm³/mol. The highest BCUT2D eigenvalue weighted by atomic mass is 32.2. The molecule has 2 aromatic rings. The predicted octanol–water partition coefficient (Wildman–Crippen LogP) is 1.98. The average molecular weight is 308 g/mol. The van der Waals surface area contributed by atoms with Gasteiger partial charge in [0.15, 0.2) is 0 Å². The number of halogens is 1. The lowest BCUT2D eigenvalue weighted by Crippen LogP contribution is -2.48. The fourth-order valence-corrected chi connectivity index (χ4v) is 3.45. The molecule has 21 heavy (non-hydrogen) atoms. The van der Waals surface area contributed by atoms with Gasteiger partial charge in [0, 0.05) is 6.54 Å². The van der Waals surface area contributed by atoms with E-state index < -0.39 is 21.4 Å². The molecule has 0 aliphatic heterocycles. The second kappa shape index (κ2) is 5.93.